The Labute approximate surface area is 131 Å². The minimum absolute atomic E-state index is 0.0672. The maximum absolute atomic E-state index is 12.9. The summed E-state index contributed by atoms with van der Waals surface area (Å²) >= 11 is 0. The summed E-state index contributed by atoms with van der Waals surface area (Å²) in [5, 5.41) is 0. The van der Waals surface area contributed by atoms with E-state index in [1.165, 1.54) is 12.8 Å². The second-order valence-corrected chi connectivity index (χ2v) is 6.92. The molecule has 0 aromatic heterocycles. The van der Waals surface area contributed by atoms with Crippen molar-refractivity contribution in [3.63, 3.8) is 0 Å². The molecular weight excluding hydrogens is 278 g/mol. The minimum atomic E-state index is -0.0672. The molecule has 1 aliphatic carbocycles. The van der Waals surface area contributed by atoms with Crippen molar-refractivity contribution in [2.45, 2.75) is 50.7 Å². The number of nitrogens with zero attached hydrogens (tertiary/aromatic N) is 1. The van der Waals surface area contributed by atoms with Gasteiger partial charge in [-0.05, 0) is 43.5 Å². The fourth-order valence-electron chi connectivity index (χ4n) is 4.08. The predicted molar refractivity (Wildman–Crippen MR) is 83.3 cm³/mol. The van der Waals surface area contributed by atoms with Gasteiger partial charge in [0.05, 0.1) is 18.8 Å². The van der Waals surface area contributed by atoms with Crippen molar-refractivity contribution < 1.29 is 14.3 Å². The van der Waals surface area contributed by atoms with Crippen molar-refractivity contribution >= 4 is 5.91 Å². The zero-order valence-electron chi connectivity index (χ0n) is 13.1. The Morgan fingerprint density at radius 1 is 1.32 bits per heavy atom. The molecule has 1 aromatic rings. The lowest BCUT2D eigenvalue weighted by molar-refractivity contribution is -0.0948. The number of morpholine rings is 1. The number of ether oxygens (including phenoxy) is 2. The fourth-order valence-corrected chi connectivity index (χ4v) is 4.08. The van der Waals surface area contributed by atoms with Crippen LogP contribution in [0.15, 0.2) is 18.2 Å². The topological polar surface area (TPSA) is 38.8 Å². The van der Waals surface area contributed by atoms with E-state index in [4.69, 9.17) is 9.47 Å². The van der Waals surface area contributed by atoms with Gasteiger partial charge in [-0.1, -0.05) is 12.8 Å². The van der Waals surface area contributed by atoms with Crippen LogP contribution < -0.4 is 4.74 Å². The van der Waals surface area contributed by atoms with Crippen LogP contribution in [0.2, 0.25) is 0 Å². The lowest BCUT2D eigenvalue weighted by Crippen LogP contribution is -2.52. The number of carbonyl (C=O) groups is 1. The summed E-state index contributed by atoms with van der Waals surface area (Å²) in [5.41, 5.74) is 1.87. The molecule has 1 aromatic carbocycles. The summed E-state index contributed by atoms with van der Waals surface area (Å²) in [6.45, 7) is 4.17. The smallest absolute Gasteiger partial charge is 0.254 e. The highest BCUT2D eigenvalue weighted by Crippen LogP contribution is 2.36. The third kappa shape index (κ3) is 2.39. The molecule has 0 radical (unpaired) electrons. The van der Waals surface area contributed by atoms with Crippen molar-refractivity contribution in [3.8, 4) is 5.75 Å². The van der Waals surface area contributed by atoms with Crippen molar-refractivity contribution in [2.24, 2.45) is 0 Å². The first-order valence-corrected chi connectivity index (χ1v) is 8.38. The van der Waals surface area contributed by atoms with Crippen LogP contribution in [0.25, 0.3) is 0 Å². The average Bonchev–Trinajstić information content (AvgIpc) is 3.11. The predicted octanol–water partition coefficient (Wildman–Crippen LogP) is 2.80. The van der Waals surface area contributed by atoms with Gasteiger partial charge in [-0.15, -0.1) is 0 Å². The molecule has 1 amide bonds. The van der Waals surface area contributed by atoms with Crippen LogP contribution in [0.1, 0.15) is 48.5 Å². The van der Waals surface area contributed by atoms with Gasteiger partial charge in [0.1, 0.15) is 11.9 Å². The molecule has 22 heavy (non-hydrogen) atoms. The van der Waals surface area contributed by atoms with Crippen LogP contribution >= 0.6 is 0 Å². The Hall–Kier alpha value is -1.55. The zero-order valence-corrected chi connectivity index (χ0v) is 13.1. The molecule has 4 nitrogen and oxygen atoms in total. The van der Waals surface area contributed by atoms with Crippen LogP contribution in [0.5, 0.6) is 5.75 Å². The van der Waals surface area contributed by atoms with Crippen molar-refractivity contribution in [1.29, 1.82) is 0 Å². The quantitative estimate of drug-likeness (QED) is 0.800. The highest BCUT2D eigenvalue weighted by atomic mass is 16.5. The molecule has 2 fully saturated rings. The van der Waals surface area contributed by atoms with E-state index >= 15 is 0 Å². The summed E-state index contributed by atoms with van der Waals surface area (Å²) < 4.78 is 11.7. The molecule has 4 rings (SSSR count). The van der Waals surface area contributed by atoms with Gasteiger partial charge >= 0.3 is 0 Å². The number of hydrogen-bond acceptors (Lipinski definition) is 3. The normalized spacial score (nSPS) is 26.0. The second-order valence-electron chi connectivity index (χ2n) is 6.92. The third-order valence-corrected chi connectivity index (χ3v) is 5.19. The molecule has 3 aliphatic rings. The summed E-state index contributed by atoms with van der Waals surface area (Å²) in [7, 11) is 0. The van der Waals surface area contributed by atoms with Crippen LogP contribution in [0, 0.1) is 0 Å². The molecule has 0 bridgehead atoms. The number of hydrogen-bond donors (Lipinski definition) is 0. The Morgan fingerprint density at radius 3 is 2.95 bits per heavy atom. The van der Waals surface area contributed by atoms with E-state index in [0.29, 0.717) is 13.2 Å². The molecule has 0 unspecified atom stereocenters. The standard InChI is InChI=1S/C18H23NO3/c1-13-10-15-11-14(4-5-16(15)22-13)17(20)19-8-9-21-18(12-19)6-2-3-7-18/h4-5,11,13H,2-3,6-10,12H2,1H3/t13-/m0/s1. The molecule has 118 valence electrons. The molecule has 1 spiro atoms. The molecule has 4 heteroatoms. The van der Waals surface area contributed by atoms with Gasteiger partial charge in [0.15, 0.2) is 0 Å². The molecular formula is C18H23NO3. The van der Waals surface area contributed by atoms with Crippen molar-refractivity contribution in [3.05, 3.63) is 29.3 Å². The summed E-state index contributed by atoms with van der Waals surface area (Å²) in [5.74, 6) is 1.07. The van der Waals surface area contributed by atoms with Crippen LogP contribution in [-0.2, 0) is 11.2 Å². The average molecular weight is 301 g/mol. The Morgan fingerprint density at radius 2 is 2.14 bits per heavy atom. The van der Waals surface area contributed by atoms with Gasteiger partial charge in [-0.25, -0.2) is 0 Å². The van der Waals surface area contributed by atoms with Gasteiger partial charge in [0.25, 0.3) is 5.91 Å². The lowest BCUT2D eigenvalue weighted by Gasteiger charge is -2.40. The number of amides is 1. The van der Waals surface area contributed by atoms with E-state index in [1.54, 1.807) is 0 Å². The first-order chi connectivity index (χ1) is 10.7. The number of fused-ring (bicyclic) bond motifs is 1. The van der Waals surface area contributed by atoms with E-state index < -0.39 is 0 Å². The van der Waals surface area contributed by atoms with E-state index in [9.17, 15) is 4.79 Å². The molecule has 2 aliphatic heterocycles. The summed E-state index contributed by atoms with van der Waals surface area (Å²) in [4.78, 5) is 14.8. The summed E-state index contributed by atoms with van der Waals surface area (Å²) in [6.07, 6.45) is 5.72. The number of carbonyl (C=O) groups excluding carboxylic acids is 1. The van der Waals surface area contributed by atoms with Gasteiger partial charge < -0.3 is 14.4 Å². The molecule has 0 N–H and O–H groups in total. The SMILES string of the molecule is C[C@H]1Cc2cc(C(=O)N3CCOC4(CCCC4)C3)ccc2O1. The molecule has 2 heterocycles. The van der Waals surface area contributed by atoms with Crippen molar-refractivity contribution in [1.82, 2.24) is 4.90 Å². The Balaban J connectivity index is 1.53. The van der Waals surface area contributed by atoms with E-state index in [0.717, 1.165) is 42.7 Å². The van der Waals surface area contributed by atoms with Crippen LogP contribution in [0.4, 0.5) is 0 Å². The number of benzene rings is 1. The van der Waals surface area contributed by atoms with Crippen molar-refractivity contribution in [2.75, 3.05) is 19.7 Å². The van der Waals surface area contributed by atoms with E-state index in [1.807, 2.05) is 23.1 Å². The highest BCUT2D eigenvalue weighted by Gasteiger charge is 2.40. The van der Waals surface area contributed by atoms with Gasteiger partial charge in [0, 0.05) is 18.5 Å². The van der Waals surface area contributed by atoms with Gasteiger partial charge in [-0.2, -0.15) is 0 Å². The maximum atomic E-state index is 12.9. The molecule has 1 saturated carbocycles. The first kappa shape index (κ1) is 14.1. The molecule has 1 saturated heterocycles. The third-order valence-electron chi connectivity index (χ3n) is 5.19. The highest BCUT2D eigenvalue weighted by molar-refractivity contribution is 5.94. The second kappa shape index (κ2) is 5.27. The fraction of sp³-hybridized carbons (Fsp3) is 0.611. The molecule has 1 atom stereocenters. The first-order valence-electron chi connectivity index (χ1n) is 8.38. The lowest BCUT2D eigenvalue weighted by atomic mass is 9.98. The Kier molecular flexibility index (Phi) is 3.37. The number of rotatable bonds is 1. The minimum Gasteiger partial charge on any atom is -0.490 e. The van der Waals surface area contributed by atoms with Crippen LogP contribution in [0.3, 0.4) is 0 Å². The largest absolute Gasteiger partial charge is 0.490 e. The monoisotopic (exact) mass is 301 g/mol. The summed E-state index contributed by atoms with van der Waals surface area (Å²) in [6, 6.07) is 5.85. The Bertz CT molecular complexity index is 592. The maximum Gasteiger partial charge on any atom is 0.254 e. The van der Waals surface area contributed by atoms with E-state index in [-0.39, 0.29) is 17.6 Å². The zero-order chi connectivity index (χ0) is 15.2. The van der Waals surface area contributed by atoms with Crippen LogP contribution in [-0.4, -0.2) is 42.2 Å². The van der Waals surface area contributed by atoms with Gasteiger partial charge in [0.2, 0.25) is 0 Å². The van der Waals surface area contributed by atoms with Gasteiger partial charge in [-0.3, -0.25) is 4.79 Å². The van der Waals surface area contributed by atoms with E-state index in [2.05, 4.69) is 6.92 Å².